The van der Waals surface area contributed by atoms with Gasteiger partial charge in [-0.15, -0.1) is 6.58 Å². The molecule has 0 aliphatic carbocycles. The van der Waals surface area contributed by atoms with Crippen molar-refractivity contribution in [2.24, 2.45) is 4.99 Å². The second-order valence-electron chi connectivity index (χ2n) is 6.65. The number of hydrogen-bond acceptors (Lipinski definition) is 2. The normalized spacial score (nSPS) is 17.2. The Kier molecular flexibility index (Phi) is 7.44. The zero-order valence-corrected chi connectivity index (χ0v) is 15.4. The highest BCUT2D eigenvalue weighted by Gasteiger charge is 2.34. The molecule has 1 fully saturated rings. The minimum absolute atomic E-state index is 0.0517. The van der Waals surface area contributed by atoms with Gasteiger partial charge in [0.1, 0.15) is 5.82 Å². The van der Waals surface area contributed by atoms with Crippen LogP contribution in [0, 0.1) is 5.82 Å². The highest BCUT2D eigenvalue weighted by molar-refractivity contribution is 5.79. The van der Waals surface area contributed by atoms with E-state index in [2.05, 4.69) is 21.8 Å². The summed E-state index contributed by atoms with van der Waals surface area (Å²) in [5.74, 6) is 0.689. The van der Waals surface area contributed by atoms with Gasteiger partial charge in [0.15, 0.2) is 5.96 Å². The molecule has 138 valence electrons. The minimum Gasteiger partial charge on any atom is -0.381 e. The van der Waals surface area contributed by atoms with Crippen molar-refractivity contribution in [1.29, 1.82) is 0 Å². The fourth-order valence-electron chi connectivity index (χ4n) is 3.34. The Morgan fingerprint density at radius 3 is 2.64 bits per heavy atom. The van der Waals surface area contributed by atoms with Crippen LogP contribution in [0.5, 0.6) is 0 Å². The van der Waals surface area contributed by atoms with Gasteiger partial charge in [0.05, 0.1) is 0 Å². The number of unbranched alkanes of at least 4 members (excludes halogenated alkanes) is 1. The SMILES string of the molecule is C=CCCCN(C)C(=NC)NCC1(c2ccc(F)cc2)CCOCC1. The highest BCUT2D eigenvalue weighted by Crippen LogP contribution is 2.34. The van der Waals surface area contributed by atoms with Gasteiger partial charge < -0.3 is 15.0 Å². The monoisotopic (exact) mass is 347 g/mol. The first-order valence-corrected chi connectivity index (χ1v) is 8.98. The first kappa shape index (κ1) is 19.4. The molecule has 1 aromatic carbocycles. The van der Waals surface area contributed by atoms with E-state index in [0.717, 1.165) is 63.5 Å². The molecule has 25 heavy (non-hydrogen) atoms. The maximum atomic E-state index is 13.3. The Morgan fingerprint density at radius 1 is 1.36 bits per heavy atom. The first-order chi connectivity index (χ1) is 12.1. The molecule has 1 aromatic rings. The number of guanidine groups is 1. The molecule has 1 N–H and O–H groups in total. The maximum Gasteiger partial charge on any atom is 0.193 e. The Bertz CT molecular complexity index is 565. The van der Waals surface area contributed by atoms with E-state index in [1.54, 1.807) is 19.2 Å². The van der Waals surface area contributed by atoms with Crippen LogP contribution in [-0.4, -0.2) is 51.3 Å². The second kappa shape index (κ2) is 9.56. The lowest BCUT2D eigenvalue weighted by molar-refractivity contribution is 0.0512. The van der Waals surface area contributed by atoms with Crippen LogP contribution in [0.25, 0.3) is 0 Å². The van der Waals surface area contributed by atoms with Crippen molar-refractivity contribution in [3.8, 4) is 0 Å². The van der Waals surface area contributed by atoms with E-state index < -0.39 is 0 Å². The summed E-state index contributed by atoms with van der Waals surface area (Å²) in [5.41, 5.74) is 1.11. The van der Waals surface area contributed by atoms with Crippen LogP contribution in [0.1, 0.15) is 31.2 Å². The van der Waals surface area contributed by atoms with Crippen LogP contribution in [0.4, 0.5) is 4.39 Å². The molecule has 0 amide bonds. The lowest BCUT2D eigenvalue weighted by Crippen LogP contribution is -2.48. The number of allylic oxidation sites excluding steroid dienone is 1. The Labute approximate surface area is 150 Å². The van der Waals surface area contributed by atoms with E-state index >= 15 is 0 Å². The van der Waals surface area contributed by atoms with E-state index in [1.165, 1.54) is 0 Å². The molecule has 1 saturated heterocycles. The van der Waals surface area contributed by atoms with E-state index in [9.17, 15) is 4.39 Å². The molecular weight excluding hydrogens is 317 g/mol. The molecule has 1 aliphatic heterocycles. The number of ether oxygens (including phenoxy) is 1. The van der Waals surface area contributed by atoms with Crippen LogP contribution in [0.3, 0.4) is 0 Å². The summed E-state index contributed by atoms with van der Waals surface area (Å²) in [6.07, 6.45) is 5.83. The molecule has 2 rings (SSSR count). The van der Waals surface area contributed by atoms with Crippen LogP contribution < -0.4 is 5.32 Å². The fraction of sp³-hybridized carbons (Fsp3) is 0.550. The summed E-state index contributed by atoms with van der Waals surface area (Å²) < 4.78 is 18.9. The maximum absolute atomic E-state index is 13.3. The smallest absolute Gasteiger partial charge is 0.193 e. The molecule has 1 heterocycles. The van der Waals surface area contributed by atoms with Crippen LogP contribution in [0.2, 0.25) is 0 Å². The number of aliphatic imine (C=N–C) groups is 1. The van der Waals surface area contributed by atoms with Crippen molar-refractivity contribution in [2.75, 3.05) is 40.4 Å². The number of hydrogen-bond donors (Lipinski definition) is 1. The third kappa shape index (κ3) is 5.30. The predicted molar refractivity (Wildman–Crippen MR) is 102 cm³/mol. The summed E-state index contributed by atoms with van der Waals surface area (Å²) in [4.78, 5) is 6.54. The van der Waals surface area contributed by atoms with Crippen molar-refractivity contribution in [3.63, 3.8) is 0 Å². The van der Waals surface area contributed by atoms with Crippen molar-refractivity contribution in [1.82, 2.24) is 10.2 Å². The van der Waals surface area contributed by atoms with Gasteiger partial charge in [-0.2, -0.15) is 0 Å². The van der Waals surface area contributed by atoms with Crippen LogP contribution >= 0.6 is 0 Å². The second-order valence-corrected chi connectivity index (χ2v) is 6.65. The molecule has 1 aliphatic rings. The topological polar surface area (TPSA) is 36.9 Å². The van der Waals surface area contributed by atoms with Gasteiger partial charge in [0.25, 0.3) is 0 Å². The minimum atomic E-state index is -0.198. The van der Waals surface area contributed by atoms with Gasteiger partial charge >= 0.3 is 0 Å². The fourth-order valence-corrected chi connectivity index (χ4v) is 3.34. The molecule has 0 spiro atoms. The largest absolute Gasteiger partial charge is 0.381 e. The average molecular weight is 347 g/mol. The van der Waals surface area contributed by atoms with Gasteiger partial charge in [0, 0.05) is 45.8 Å². The molecular formula is C20H30FN3O. The molecule has 0 unspecified atom stereocenters. The van der Waals surface area contributed by atoms with E-state index in [4.69, 9.17) is 4.74 Å². The third-order valence-corrected chi connectivity index (χ3v) is 4.97. The first-order valence-electron chi connectivity index (χ1n) is 8.98. The molecule has 0 aromatic heterocycles. The summed E-state index contributed by atoms with van der Waals surface area (Å²) in [6, 6.07) is 6.89. The lowest BCUT2D eigenvalue weighted by Gasteiger charge is -2.39. The summed E-state index contributed by atoms with van der Waals surface area (Å²) in [5, 5.41) is 3.52. The van der Waals surface area contributed by atoms with Crippen LogP contribution in [0.15, 0.2) is 41.9 Å². The zero-order valence-electron chi connectivity index (χ0n) is 15.4. The number of rotatable bonds is 7. The van der Waals surface area contributed by atoms with Crippen molar-refractivity contribution in [2.45, 2.75) is 31.1 Å². The van der Waals surface area contributed by atoms with E-state index in [1.807, 2.05) is 25.3 Å². The number of nitrogens with zero attached hydrogens (tertiary/aromatic N) is 2. The van der Waals surface area contributed by atoms with Crippen molar-refractivity contribution in [3.05, 3.63) is 48.3 Å². The summed E-state index contributed by atoms with van der Waals surface area (Å²) in [7, 11) is 3.86. The molecule has 0 radical (unpaired) electrons. The average Bonchev–Trinajstić information content (AvgIpc) is 2.64. The summed E-state index contributed by atoms with van der Waals surface area (Å²) >= 11 is 0. The van der Waals surface area contributed by atoms with Crippen molar-refractivity contribution < 1.29 is 9.13 Å². The number of nitrogens with one attached hydrogen (secondary N) is 1. The van der Waals surface area contributed by atoms with Gasteiger partial charge in [-0.1, -0.05) is 18.2 Å². The van der Waals surface area contributed by atoms with Crippen molar-refractivity contribution >= 4 is 5.96 Å². The molecule has 5 heteroatoms. The highest BCUT2D eigenvalue weighted by atomic mass is 19.1. The summed E-state index contributed by atoms with van der Waals surface area (Å²) in [6.45, 7) is 6.92. The predicted octanol–water partition coefficient (Wildman–Crippen LogP) is 3.35. The third-order valence-electron chi connectivity index (χ3n) is 4.97. The van der Waals surface area contributed by atoms with Gasteiger partial charge in [0.2, 0.25) is 0 Å². The molecule has 0 saturated carbocycles. The Morgan fingerprint density at radius 2 is 2.04 bits per heavy atom. The van der Waals surface area contributed by atoms with Gasteiger partial charge in [-0.3, -0.25) is 4.99 Å². The quantitative estimate of drug-likeness (QED) is 0.356. The van der Waals surface area contributed by atoms with Crippen LogP contribution in [-0.2, 0) is 10.2 Å². The standard InChI is InChI=1S/C20H30FN3O/c1-4-5-6-13-24(3)19(22-2)23-16-20(11-14-25-15-12-20)17-7-9-18(21)10-8-17/h4,7-10H,1,5-6,11-16H2,2-3H3,(H,22,23). The molecule has 4 nitrogen and oxygen atoms in total. The van der Waals surface area contributed by atoms with Gasteiger partial charge in [-0.25, -0.2) is 4.39 Å². The molecule has 0 atom stereocenters. The zero-order chi connectivity index (χ0) is 18.1. The number of halogens is 1. The molecule has 0 bridgehead atoms. The lowest BCUT2D eigenvalue weighted by atomic mass is 9.74. The Balaban J connectivity index is 2.06. The Hall–Kier alpha value is -1.88. The van der Waals surface area contributed by atoms with Gasteiger partial charge in [-0.05, 0) is 43.4 Å². The van der Waals surface area contributed by atoms with E-state index in [-0.39, 0.29) is 11.2 Å². The van der Waals surface area contributed by atoms with E-state index in [0.29, 0.717) is 0 Å². The number of benzene rings is 1.